The first-order valence-corrected chi connectivity index (χ1v) is 21.6. The van der Waals surface area contributed by atoms with Gasteiger partial charge in [-0.3, -0.25) is 0 Å². The van der Waals surface area contributed by atoms with E-state index in [4.69, 9.17) is 19.4 Å². The molecule has 66 heavy (non-hydrogen) atoms. The van der Waals surface area contributed by atoms with E-state index in [0.717, 1.165) is 99.5 Å². The molecule has 0 bridgehead atoms. The molecule has 12 aromatic rings. The minimum absolute atomic E-state index is 0.502. The number of fused-ring (bicyclic) bond motifs is 6. The third-order valence-electron chi connectivity index (χ3n) is 12.3. The predicted molar refractivity (Wildman–Crippen MR) is 263 cm³/mol. The number of nitrogens with zero attached hydrogens (tertiary/aromatic N) is 6. The third kappa shape index (κ3) is 6.55. The molecule has 0 aliphatic heterocycles. The van der Waals surface area contributed by atoms with Crippen LogP contribution >= 0.6 is 0 Å². The molecule has 0 unspecified atom stereocenters. The van der Waals surface area contributed by atoms with Crippen molar-refractivity contribution in [2.45, 2.75) is 0 Å². The van der Waals surface area contributed by atoms with Crippen molar-refractivity contribution >= 4 is 43.7 Å². The molecule has 9 aromatic carbocycles. The van der Waals surface area contributed by atoms with E-state index >= 15 is 0 Å². The molecule has 0 aliphatic carbocycles. The molecule has 3 aromatic heterocycles. The Bertz CT molecular complexity index is 3790. The van der Waals surface area contributed by atoms with Crippen LogP contribution in [0.3, 0.4) is 0 Å². The lowest BCUT2D eigenvalue weighted by atomic mass is 9.98. The molecule has 306 valence electrons. The van der Waals surface area contributed by atoms with Crippen molar-refractivity contribution in [2.24, 2.45) is 0 Å². The second-order valence-corrected chi connectivity index (χ2v) is 16.2. The second-order valence-electron chi connectivity index (χ2n) is 16.2. The molecular formula is C59H34N6O. The summed E-state index contributed by atoms with van der Waals surface area (Å²) in [5, 5.41) is 23.9. The molecule has 0 spiro atoms. The summed E-state index contributed by atoms with van der Waals surface area (Å²) in [6, 6.07) is 73.9. The van der Waals surface area contributed by atoms with Gasteiger partial charge in [0.1, 0.15) is 11.2 Å². The van der Waals surface area contributed by atoms with E-state index in [1.165, 1.54) is 0 Å². The summed E-state index contributed by atoms with van der Waals surface area (Å²) in [7, 11) is 0. The number of aromatic nitrogens is 4. The van der Waals surface area contributed by atoms with Crippen LogP contribution in [0.5, 0.6) is 0 Å². The second kappa shape index (κ2) is 15.7. The first-order chi connectivity index (χ1) is 32.6. The van der Waals surface area contributed by atoms with Crippen LogP contribution in [0.2, 0.25) is 0 Å². The average Bonchev–Trinajstić information content (AvgIpc) is 3.94. The Morgan fingerprint density at radius 3 is 1.47 bits per heavy atom. The molecule has 7 heteroatoms. The van der Waals surface area contributed by atoms with Gasteiger partial charge in [-0.25, -0.2) is 15.0 Å². The molecule has 0 fully saturated rings. The minimum Gasteiger partial charge on any atom is -0.455 e. The number of hydrogen-bond acceptors (Lipinski definition) is 6. The van der Waals surface area contributed by atoms with E-state index in [1.807, 2.05) is 127 Å². The van der Waals surface area contributed by atoms with Gasteiger partial charge in [0.05, 0.1) is 40.0 Å². The lowest BCUT2D eigenvalue weighted by Gasteiger charge is -2.17. The summed E-state index contributed by atoms with van der Waals surface area (Å²) in [5.41, 5.74) is 13.8. The molecule has 0 saturated carbocycles. The lowest BCUT2D eigenvalue weighted by molar-refractivity contribution is 0.670. The molecule has 0 aliphatic rings. The van der Waals surface area contributed by atoms with Crippen molar-refractivity contribution in [2.75, 3.05) is 0 Å². The largest absolute Gasteiger partial charge is 0.455 e. The van der Waals surface area contributed by atoms with Crippen LogP contribution in [-0.2, 0) is 0 Å². The average molecular weight is 843 g/mol. The predicted octanol–water partition coefficient (Wildman–Crippen LogP) is 14.6. The van der Waals surface area contributed by atoms with E-state index in [1.54, 1.807) is 0 Å². The van der Waals surface area contributed by atoms with Gasteiger partial charge in [0.25, 0.3) is 0 Å². The summed E-state index contributed by atoms with van der Waals surface area (Å²) in [4.78, 5) is 15.7. The SMILES string of the molecule is N#Cc1cccc(-c2ccc3c4ccc(-c5cccc(C#N)c5)cc4n(-c4ccc(-c5cccc6c5oc5ccccc56)cc4-c4nc(-c5ccccc5)nc(-c5ccccc5)n4)c3c2)c1. The molecule has 0 N–H and O–H groups in total. The summed E-state index contributed by atoms with van der Waals surface area (Å²) in [6.07, 6.45) is 0. The first-order valence-electron chi connectivity index (χ1n) is 21.6. The van der Waals surface area contributed by atoms with Gasteiger partial charge in [0.2, 0.25) is 0 Å². The van der Waals surface area contributed by atoms with E-state index in [-0.39, 0.29) is 0 Å². The van der Waals surface area contributed by atoms with Crippen LogP contribution in [0.1, 0.15) is 11.1 Å². The zero-order valence-corrected chi connectivity index (χ0v) is 35.2. The van der Waals surface area contributed by atoms with Crippen molar-refractivity contribution in [3.05, 3.63) is 217 Å². The Hall–Kier alpha value is -9.43. The van der Waals surface area contributed by atoms with Crippen molar-refractivity contribution in [3.8, 4) is 85.4 Å². The van der Waals surface area contributed by atoms with Crippen molar-refractivity contribution in [1.82, 2.24) is 19.5 Å². The molecule has 0 amide bonds. The standard InChI is InChI=1S/C59H34N6O/c60-35-37-12-9-18-41(30-37)43-24-27-47-48-28-25-44(42-19-10-13-38(31-42)36-61)34-54(48)65(53(47)33-43)52-29-26-45(46-21-11-22-50-49-20-7-8-23-55(49)66-56(46)50)32-51(52)59-63-57(39-14-3-1-4-15-39)62-58(64-59)40-16-5-2-6-17-40/h1-34H. The first kappa shape index (κ1) is 38.3. The van der Waals surface area contributed by atoms with Crippen LogP contribution in [0, 0.1) is 22.7 Å². The Morgan fingerprint density at radius 1 is 0.364 bits per heavy atom. The molecule has 7 nitrogen and oxygen atoms in total. The highest BCUT2D eigenvalue weighted by Crippen LogP contribution is 2.43. The fourth-order valence-electron chi connectivity index (χ4n) is 9.16. The van der Waals surface area contributed by atoms with Gasteiger partial charge in [0, 0.05) is 43.8 Å². The summed E-state index contributed by atoms with van der Waals surface area (Å²) >= 11 is 0. The van der Waals surface area contributed by atoms with Crippen molar-refractivity contribution in [1.29, 1.82) is 10.5 Å². The van der Waals surface area contributed by atoms with Crippen LogP contribution < -0.4 is 0 Å². The fourth-order valence-corrected chi connectivity index (χ4v) is 9.16. The van der Waals surface area contributed by atoms with Crippen LogP contribution in [0.15, 0.2) is 211 Å². The number of furan rings is 1. The number of nitriles is 2. The summed E-state index contributed by atoms with van der Waals surface area (Å²) in [5.74, 6) is 1.61. The zero-order chi connectivity index (χ0) is 44.1. The summed E-state index contributed by atoms with van der Waals surface area (Å²) in [6.45, 7) is 0. The number of para-hydroxylation sites is 2. The molecule has 3 heterocycles. The molecular weight excluding hydrogens is 809 g/mol. The van der Waals surface area contributed by atoms with Crippen molar-refractivity contribution in [3.63, 3.8) is 0 Å². The Labute approximate surface area is 379 Å². The Kier molecular flexibility index (Phi) is 9.12. The van der Waals surface area contributed by atoms with Crippen LogP contribution in [-0.4, -0.2) is 19.5 Å². The number of hydrogen-bond donors (Lipinski definition) is 0. The van der Waals surface area contributed by atoms with Gasteiger partial charge in [-0.2, -0.15) is 10.5 Å². The molecule has 0 saturated heterocycles. The van der Waals surface area contributed by atoms with E-state index in [2.05, 4.69) is 95.6 Å². The van der Waals surface area contributed by atoms with E-state index < -0.39 is 0 Å². The maximum absolute atomic E-state index is 9.85. The smallest absolute Gasteiger partial charge is 0.166 e. The molecule has 0 radical (unpaired) electrons. The van der Waals surface area contributed by atoms with Gasteiger partial charge >= 0.3 is 0 Å². The fraction of sp³-hybridized carbons (Fsp3) is 0. The lowest BCUT2D eigenvalue weighted by Crippen LogP contribution is -2.04. The van der Waals surface area contributed by atoms with Gasteiger partial charge in [0.15, 0.2) is 17.5 Å². The van der Waals surface area contributed by atoms with Crippen LogP contribution in [0.4, 0.5) is 0 Å². The molecule has 0 atom stereocenters. The van der Waals surface area contributed by atoms with Crippen molar-refractivity contribution < 1.29 is 4.42 Å². The van der Waals surface area contributed by atoms with E-state index in [9.17, 15) is 10.5 Å². The minimum atomic E-state index is 0.502. The van der Waals surface area contributed by atoms with Gasteiger partial charge in [-0.15, -0.1) is 0 Å². The highest BCUT2D eigenvalue weighted by Gasteiger charge is 2.23. The maximum atomic E-state index is 9.85. The van der Waals surface area contributed by atoms with Crippen LogP contribution in [0.25, 0.3) is 117 Å². The zero-order valence-electron chi connectivity index (χ0n) is 35.2. The van der Waals surface area contributed by atoms with Gasteiger partial charge in [-0.05, 0) is 82.4 Å². The number of rotatable bonds is 7. The quantitative estimate of drug-likeness (QED) is 0.158. The Balaban J connectivity index is 1.19. The van der Waals surface area contributed by atoms with E-state index in [0.29, 0.717) is 28.6 Å². The summed E-state index contributed by atoms with van der Waals surface area (Å²) < 4.78 is 8.91. The topological polar surface area (TPSA) is 104 Å². The maximum Gasteiger partial charge on any atom is 0.166 e. The highest BCUT2D eigenvalue weighted by molar-refractivity contribution is 6.12. The third-order valence-corrected chi connectivity index (χ3v) is 12.3. The molecule has 12 rings (SSSR count). The normalized spacial score (nSPS) is 11.3. The monoisotopic (exact) mass is 842 g/mol. The van der Waals surface area contributed by atoms with Gasteiger partial charge in [-0.1, -0.05) is 152 Å². The highest BCUT2D eigenvalue weighted by atomic mass is 16.3. The van der Waals surface area contributed by atoms with Gasteiger partial charge < -0.3 is 8.98 Å². The number of benzene rings is 9. The Morgan fingerprint density at radius 2 is 0.864 bits per heavy atom.